The number of rotatable bonds is 4. The predicted octanol–water partition coefficient (Wildman–Crippen LogP) is 4.11. The average molecular weight is 270 g/mol. The molecule has 1 aromatic carbocycles. The van der Waals surface area contributed by atoms with Crippen LogP contribution in [0.4, 0.5) is 0 Å². The van der Waals surface area contributed by atoms with E-state index in [4.69, 9.17) is 4.98 Å². The standard InChI is InChI=1S/C18H26N2/c1-6-19-17(18(3,4)5)12-16-13(2)11-14-9-7-8-10-15(14)20-16/h7-11,17,19H,6,12H2,1-5H3. The smallest absolute Gasteiger partial charge is 0.0705 e. The van der Waals surface area contributed by atoms with Gasteiger partial charge in [-0.05, 0) is 36.6 Å². The van der Waals surface area contributed by atoms with Crippen molar-refractivity contribution in [2.75, 3.05) is 6.54 Å². The van der Waals surface area contributed by atoms with E-state index in [1.807, 2.05) is 0 Å². The molecule has 1 N–H and O–H groups in total. The van der Waals surface area contributed by atoms with Crippen LogP contribution in [-0.4, -0.2) is 17.6 Å². The van der Waals surface area contributed by atoms with Crippen LogP contribution in [0.3, 0.4) is 0 Å². The van der Waals surface area contributed by atoms with Gasteiger partial charge in [0.25, 0.3) is 0 Å². The van der Waals surface area contributed by atoms with Crippen molar-refractivity contribution >= 4 is 10.9 Å². The largest absolute Gasteiger partial charge is 0.313 e. The van der Waals surface area contributed by atoms with E-state index < -0.39 is 0 Å². The topological polar surface area (TPSA) is 24.9 Å². The first-order chi connectivity index (χ1) is 9.41. The summed E-state index contributed by atoms with van der Waals surface area (Å²) in [4.78, 5) is 4.87. The number of likely N-dealkylation sites (N-methyl/N-ethyl adjacent to an activating group) is 1. The number of fused-ring (bicyclic) bond motifs is 1. The lowest BCUT2D eigenvalue weighted by Crippen LogP contribution is -2.42. The van der Waals surface area contributed by atoms with Gasteiger partial charge in [0.1, 0.15) is 0 Å². The summed E-state index contributed by atoms with van der Waals surface area (Å²) in [5.74, 6) is 0. The Morgan fingerprint density at radius 1 is 1.20 bits per heavy atom. The SMILES string of the molecule is CCNC(Cc1nc2ccccc2cc1C)C(C)(C)C. The molecule has 1 aromatic heterocycles. The zero-order valence-electron chi connectivity index (χ0n) is 13.3. The Balaban J connectivity index is 2.34. The van der Waals surface area contributed by atoms with Crippen LogP contribution in [0.1, 0.15) is 39.0 Å². The van der Waals surface area contributed by atoms with Gasteiger partial charge < -0.3 is 5.32 Å². The van der Waals surface area contributed by atoms with Crippen molar-refractivity contribution < 1.29 is 0 Å². The van der Waals surface area contributed by atoms with Crippen molar-refractivity contribution in [1.29, 1.82) is 0 Å². The molecule has 1 unspecified atom stereocenters. The molecule has 1 atom stereocenters. The minimum Gasteiger partial charge on any atom is -0.313 e. The molecule has 2 rings (SSSR count). The summed E-state index contributed by atoms with van der Waals surface area (Å²) in [6, 6.07) is 11.0. The van der Waals surface area contributed by atoms with E-state index in [1.54, 1.807) is 0 Å². The van der Waals surface area contributed by atoms with E-state index in [0.717, 1.165) is 18.5 Å². The Kier molecular flexibility index (Phi) is 4.44. The summed E-state index contributed by atoms with van der Waals surface area (Å²) in [5, 5.41) is 4.83. The van der Waals surface area contributed by atoms with E-state index >= 15 is 0 Å². The average Bonchev–Trinajstić information content (AvgIpc) is 2.37. The van der Waals surface area contributed by atoms with Gasteiger partial charge in [-0.3, -0.25) is 4.98 Å². The molecule has 0 amide bonds. The van der Waals surface area contributed by atoms with Gasteiger partial charge in [-0.2, -0.15) is 0 Å². The number of para-hydroxylation sites is 1. The fourth-order valence-electron chi connectivity index (χ4n) is 2.59. The fourth-order valence-corrected chi connectivity index (χ4v) is 2.59. The van der Waals surface area contributed by atoms with Gasteiger partial charge in [-0.1, -0.05) is 45.9 Å². The summed E-state index contributed by atoms with van der Waals surface area (Å²) in [6.07, 6.45) is 0.980. The molecular weight excluding hydrogens is 244 g/mol. The molecule has 0 aliphatic heterocycles. The zero-order chi connectivity index (χ0) is 14.8. The van der Waals surface area contributed by atoms with Crippen LogP contribution in [0.25, 0.3) is 10.9 Å². The van der Waals surface area contributed by atoms with Gasteiger partial charge in [0.05, 0.1) is 5.52 Å². The number of aryl methyl sites for hydroxylation is 1. The second-order valence-corrected chi connectivity index (χ2v) is 6.63. The van der Waals surface area contributed by atoms with Crippen molar-refractivity contribution in [3.05, 3.63) is 41.6 Å². The Bertz CT molecular complexity index is 581. The Morgan fingerprint density at radius 2 is 1.90 bits per heavy atom. The van der Waals surface area contributed by atoms with Crippen LogP contribution < -0.4 is 5.32 Å². The Labute approximate surface area is 122 Å². The highest BCUT2D eigenvalue weighted by molar-refractivity contribution is 5.79. The Hall–Kier alpha value is -1.41. The third-order valence-electron chi connectivity index (χ3n) is 3.91. The lowest BCUT2D eigenvalue weighted by atomic mass is 9.83. The molecule has 0 fully saturated rings. The molecule has 2 heteroatoms. The van der Waals surface area contributed by atoms with Gasteiger partial charge in [0.15, 0.2) is 0 Å². The summed E-state index contributed by atoms with van der Waals surface area (Å²) in [7, 11) is 0. The van der Waals surface area contributed by atoms with E-state index in [1.165, 1.54) is 16.6 Å². The zero-order valence-corrected chi connectivity index (χ0v) is 13.3. The summed E-state index contributed by atoms with van der Waals surface area (Å²) < 4.78 is 0. The normalized spacial score (nSPS) is 13.7. The first kappa shape index (κ1) is 15.0. The highest BCUT2D eigenvalue weighted by atomic mass is 14.9. The molecule has 0 aliphatic rings. The summed E-state index contributed by atoms with van der Waals surface area (Å²) >= 11 is 0. The minimum atomic E-state index is 0.232. The molecule has 0 radical (unpaired) electrons. The third kappa shape index (κ3) is 3.37. The molecule has 0 saturated heterocycles. The number of hydrogen-bond acceptors (Lipinski definition) is 2. The first-order valence-electron chi connectivity index (χ1n) is 7.50. The molecule has 0 aliphatic carbocycles. The van der Waals surface area contributed by atoms with E-state index in [-0.39, 0.29) is 5.41 Å². The van der Waals surface area contributed by atoms with Crippen molar-refractivity contribution in [1.82, 2.24) is 10.3 Å². The predicted molar refractivity (Wildman–Crippen MR) is 87.1 cm³/mol. The molecule has 0 bridgehead atoms. The molecule has 20 heavy (non-hydrogen) atoms. The van der Waals surface area contributed by atoms with Crippen molar-refractivity contribution in [3.63, 3.8) is 0 Å². The highest BCUT2D eigenvalue weighted by Gasteiger charge is 2.25. The summed E-state index contributed by atoms with van der Waals surface area (Å²) in [5.41, 5.74) is 3.83. The van der Waals surface area contributed by atoms with E-state index in [9.17, 15) is 0 Å². The molecule has 2 aromatic rings. The molecular formula is C18H26N2. The number of nitrogens with one attached hydrogen (secondary N) is 1. The van der Waals surface area contributed by atoms with Crippen LogP contribution in [0.2, 0.25) is 0 Å². The highest BCUT2D eigenvalue weighted by Crippen LogP contribution is 2.24. The maximum Gasteiger partial charge on any atom is 0.0705 e. The maximum atomic E-state index is 4.87. The van der Waals surface area contributed by atoms with E-state index in [2.05, 4.69) is 70.3 Å². The van der Waals surface area contributed by atoms with Crippen LogP contribution in [-0.2, 0) is 6.42 Å². The lowest BCUT2D eigenvalue weighted by Gasteiger charge is -2.31. The van der Waals surface area contributed by atoms with Crippen molar-refractivity contribution in [2.45, 2.75) is 47.1 Å². The van der Waals surface area contributed by atoms with E-state index in [0.29, 0.717) is 6.04 Å². The van der Waals surface area contributed by atoms with Crippen LogP contribution >= 0.6 is 0 Å². The third-order valence-corrected chi connectivity index (χ3v) is 3.91. The molecule has 0 saturated carbocycles. The second kappa shape index (κ2) is 5.92. The lowest BCUT2D eigenvalue weighted by molar-refractivity contribution is 0.268. The van der Waals surface area contributed by atoms with Crippen LogP contribution in [0.5, 0.6) is 0 Å². The van der Waals surface area contributed by atoms with Crippen molar-refractivity contribution in [3.8, 4) is 0 Å². The van der Waals surface area contributed by atoms with Gasteiger partial charge in [0, 0.05) is 23.5 Å². The molecule has 1 heterocycles. The fraction of sp³-hybridized carbons (Fsp3) is 0.500. The maximum absolute atomic E-state index is 4.87. The van der Waals surface area contributed by atoms with Gasteiger partial charge in [0.2, 0.25) is 0 Å². The quantitative estimate of drug-likeness (QED) is 0.904. The van der Waals surface area contributed by atoms with Crippen LogP contribution in [0.15, 0.2) is 30.3 Å². The molecule has 2 nitrogen and oxygen atoms in total. The first-order valence-corrected chi connectivity index (χ1v) is 7.50. The monoisotopic (exact) mass is 270 g/mol. The Morgan fingerprint density at radius 3 is 2.55 bits per heavy atom. The van der Waals surface area contributed by atoms with Crippen molar-refractivity contribution in [2.24, 2.45) is 5.41 Å². The molecule has 108 valence electrons. The second-order valence-electron chi connectivity index (χ2n) is 6.63. The van der Waals surface area contributed by atoms with Gasteiger partial charge in [-0.15, -0.1) is 0 Å². The molecule has 0 spiro atoms. The number of hydrogen-bond donors (Lipinski definition) is 1. The van der Waals surface area contributed by atoms with Crippen LogP contribution in [0, 0.1) is 12.3 Å². The summed E-state index contributed by atoms with van der Waals surface area (Å²) in [6.45, 7) is 12.2. The van der Waals surface area contributed by atoms with Gasteiger partial charge in [-0.25, -0.2) is 0 Å². The number of pyridine rings is 1. The van der Waals surface area contributed by atoms with Gasteiger partial charge >= 0.3 is 0 Å². The number of aromatic nitrogens is 1. The number of nitrogens with zero attached hydrogens (tertiary/aromatic N) is 1. The minimum absolute atomic E-state index is 0.232. The number of benzene rings is 1.